The topological polar surface area (TPSA) is 61.4 Å². The summed E-state index contributed by atoms with van der Waals surface area (Å²) < 4.78 is 0. The van der Waals surface area contributed by atoms with Crippen molar-refractivity contribution >= 4 is 23.3 Å². The van der Waals surface area contributed by atoms with Crippen LogP contribution in [0.25, 0.3) is 0 Å². The second kappa shape index (κ2) is 8.12. The zero-order valence-corrected chi connectivity index (χ0v) is 13.0. The number of nitrogens with one attached hydrogen (secondary N) is 2. The maximum absolute atomic E-state index is 11.9. The zero-order chi connectivity index (χ0) is 15.1. The quantitative estimate of drug-likeness (QED) is 0.754. The first-order chi connectivity index (χ1) is 9.49. The van der Waals surface area contributed by atoms with Crippen LogP contribution in [0.1, 0.15) is 38.3 Å². The monoisotopic (exact) mass is 298 g/mol. The molecule has 4 nitrogen and oxygen atoms in total. The third kappa shape index (κ3) is 4.69. The lowest BCUT2D eigenvalue weighted by Gasteiger charge is -2.16. The minimum Gasteiger partial charge on any atom is -0.393 e. The predicted octanol–water partition coefficient (Wildman–Crippen LogP) is 3.36. The summed E-state index contributed by atoms with van der Waals surface area (Å²) in [6, 6.07) is 3.54. The van der Waals surface area contributed by atoms with Crippen LogP contribution in [0.5, 0.6) is 0 Å². The van der Waals surface area contributed by atoms with E-state index in [-0.39, 0.29) is 6.03 Å². The van der Waals surface area contributed by atoms with Gasteiger partial charge in [0.15, 0.2) is 0 Å². The van der Waals surface area contributed by atoms with Gasteiger partial charge in [0.2, 0.25) is 0 Å². The summed E-state index contributed by atoms with van der Waals surface area (Å²) in [4.78, 5) is 11.9. The normalized spacial score (nSPS) is 12.1. The third-order valence-corrected chi connectivity index (χ3v) is 3.52. The first kappa shape index (κ1) is 16.8. The van der Waals surface area contributed by atoms with Crippen molar-refractivity contribution in [1.82, 2.24) is 5.32 Å². The van der Waals surface area contributed by atoms with Crippen molar-refractivity contribution in [1.29, 1.82) is 0 Å². The molecule has 0 fully saturated rings. The number of aliphatic hydroxyl groups is 1. The van der Waals surface area contributed by atoms with Gasteiger partial charge in [-0.3, -0.25) is 0 Å². The Balaban J connectivity index is 2.79. The van der Waals surface area contributed by atoms with Crippen molar-refractivity contribution in [2.45, 2.75) is 46.1 Å². The molecule has 0 aliphatic rings. The lowest BCUT2D eigenvalue weighted by molar-refractivity contribution is 0.184. The summed E-state index contributed by atoms with van der Waals surface area (Å²) in [5, 5.41) is 15.4. The number of halogens is 1. The molecule has 3 N–H and O–H groups in total. The van der Waals surface area contributed by atoms with E-state index in [1.165, 1.54) is 0 Å². The molecule has 1 aromatic rings. The van der Waals surface area contributed by atoms with Crippen LogP contribution in [0.3, 0.4) is 0 Å². The van der Waals surface area contributed by atoms with Crippen LogP contribution in [0.2, 0.25) is 5.02 Å². The van der Waals surface area contributed by atoms with Crippen LogP contribution in [0, 0.1) is 0 Å². The van der Waals surface area contributed by atoms with Gasteiger partial charge in [-0.15, -0.1) is 0 Å². The highest BCUT2D eigenvalue weighted by atomic mass is 35.5. The molecule has 0 saturated heterocycles. The van der Waals surface area contributed by atoms with Crippen molar-refractivity contribution in [2.75, 3.05) is 11.9 Å². The van der Waals surface area contributed by atoms with E-state index in [1.807, 2.05) is 26.0 Å². The molecule has 1 aromatic carbocycles. The first-order valence-electron chi connectivity index (χ1n) is 7.02. The van der Waals surface area contributed by atoms with Gasteiger partial charge in [-0.05, 0) is 43.4 Å². The standard InChI is InChI=1S/C15H23ClN2O2/c1-4-11-6-7-13(16)12(5-2)14(11)18-15(20)17-9-8-10(3)19/h6-7,10,19H,4-5,8-9H2,1-3H3,(H2,17,18,20). The molecule has 112 valence electrons. The van der Waals surface area contributed by atoms with E-state index in [9.17, 15) is 4.79 Å². The summed E-state index contributed by atoms with van der Waals surface area (Å²) in [5.74, 6) is 0. The van der Waals surface area contributed by atoms with E-state index in [0.717, 1.165) is 29.7 Å². The molecule has 20 heavy (non-hydrogen) atoms. The highest BCUT2D eigenvalue weighted by Crippen LogP contribution is 2.29. The number of carbonyl (C=O) groups is 1. The van der Waals surface area contributed by atoms with Crippen molar-refractivity contribution < 1.29 is 9.90 Å². The second-order valence-corrected chi connectivity index (χ2v) is 5.19. The Kier molecular flexibility index (Phi) is 6.82. The summed E-state index contributed by atoms with van der Waals surface area (Å²) in [6.45, 7) is 6.18. The Morgan fingerprint density at radius 2 is 2.05 bits per heavy atom. The lowest BCUT2D eigenvalue weighted by atomic mass is 10.0. The third-order valence-electron chi connectivity index (χ3n) is 3.16. The molecular formula is C15H23ClN2O2. The summed E-state index contributed by atoms with van der Waals surface area (Å²) in [6.07, 6.45) is 1.70. The Hall–Kier alpha value is -1.26. The average molecular weight is 299 g/mol. The van der Waals surface area contributed by atoms with Crippen LogP contribution in [0.15, 0.2) is 12.1 Å². The molecule has 2 amide bonds. The molecule has 1 rings (SSSR count). The number of hydrogen-bond donors (Lipinski definition) is 3. The molecule has 0 saturated carbocycles. The van der Waals surface area contributed by atoms with Crippen LogP contribution < -0.4 is 10.6 Å². The fourth-order valence-corrected chi connectivity index (χ4v) is 2.31. The molecule has 0 bridgehead atoms. The fourth-order valence-electron chi connectivity index (χ4n) is 2.02. The minimum atomic E-state index is -0.418. The molecule has 1 atom stereocenters. The fraction of sp³-hybridized carbons (Fsp3) is 0.533. The highest BCUT2D eigenvalue weighted by molar-refractivity contribution is 6.31. The molecule has 0 spiro atoms. The van der Waals surface area contributed by atoms with Gasteiger partial charge >= 0.3 is 6.03 Å². The maximum Gasteiger partial charge on any atom is 0.319 e. The number of aliphatic hydroxyl groups excluding tert-OH is 1. The van der Waals surface area contributed by atoms with E-state index in [1.54, 1.807) is 6.92 Å². The van der Waals surface area contributed by atoms with E-state index in [0.29, 0.717) is 18.0 Å². The molecule has 5 heteroatoms. The van der Waals surface area contributed by atoms with Gasteiger partial charge in [0, 0.05) is 11.6 Å². The molecule has 1 unspecified atom stereocenters. The zero-order valence-electron chi connectivity index (χ0n) is 12.3. The van der Waals surface area contributed by atoms with E-state index in [4.69, 9.17) is 16.7 Å². The van der Waals surface area contributed by atoms with Crippen molar-refractivity contribution in [2.24, 2.45) is 0 Å². The number of rotatable bonds is 6. The number of carbonyl (C=O) groups excluding carboxylic acids is 1. The van der Waals surface area contributed by atoms with Crippen molar-refractivity contribution in [3.05, 3.63) is 28.3 Å². The van der Waals surface area contributed by atoms with Crippen LogP contribution >= 0.6 is 11.6 Å². The summed E-state index contributed by atoms with van der Waals surface area (Å²) in [7, 11) is 0. The number of benzene rings is 1. The van der Waals surface area contributed by atoms with Gasteiger partial charge in [-0.1, -0.05) is 31.5 Å². The average Bonchev–Trinajstić information content (AvgIpc) is 2.39. The second-order valence-electron chi connectivity index (χ2n) is 4.79. The predicted molar refractivity (Wildman–Crippen MR) is 83.5 cm³/mol. The minimum absolute atomic E-state index is 0.266. The Labute approximate surface area is 125 Å². The number of anilines is 1. The van der Waals surface area contributed by atoms with Crippen LogP contribution in [-0.2, 0) is 12.8 Å². The molecule has 0 heterocycles. The summed E-state index contributed by atoms with van der Waals surface area (Å²) in [5.41, 5.74) is 2.82. The Bertz CT molecular complexity index is 461. The molecular weight excluding hydrogens is 276 g/mol. The highest BCUT2D eigenvalue weighted by Gasteiger charge is 2.12. The smallest absolute Gasteiger partial charge is 0.319 e. The SMILES string of the molecule is CCc1ccc(Cl)c(CC)c1NC(=O)NCCC(C)O. The molecule has 0 aromatic heterocycles. The van der Waals surface area contributed by atoms with Gasteiger partial charge in [0.25, 0.3) is 0 Å². The Morgan fingerprint density at radius 3 is 2.60 bits per heavy atom. The first-order valence-corrected chi connectivity index (χ1v) is 7.40. The Morgan fingerprint density at radius 1 is 1.35 bits per heavy atom. The number of amides is 2. The van der Waals surface area contributed by atoms with Gasteiger partial charge in [-0.25, -0.2) is 4.79 Å². The molecule has 0 aliphatic carbocycles. The van der Waals surface area contributed by atoms with Gasteiger partial charge in [-0.2, -0.15) is 0 Å². The van der Waals surface area contributed by atoms with Gasteiger partial charge in [0.1, 0.15) is 0 Å². The van der Waals surface area contributed by atoms with Gasteiger partial charge < -0.3 is 15.7 Å². The van der Waals surface area contributed by atoms with Crippen molar-refractivity contribution in [3.8, 4) is 0 Å². The molecule has 0 radical (unpaired) electrons. The number of urea groups is 1. The van der Waals surface area contributed by atoms with Crippen LogP contribution in [-0.4, -0.2) is 23.8 Å². The van der Waals surface area contributed by atoms with E-state index in [2.05, 4.69) is 10.6 Å². The van der Waals surface area contributed by atoms with Gasteiger partial charge in [0.05, 0.1) is 11.8 Å². The largest absolute Gasteiger partial charge is 0.393 e. The van der Waals surface area contributed by atoms with E-state index >= 15 is 0 Å². The number of aryl methyl sites for hydroxylation is 1. The van der Waals surface area contributed by atoms with Crippen molar-refractivity contribution in [3.63, 3.8) is 0 Å². The van der Waals surface area contributed by atoms with Crippen LogP contribution in [0.4, 0.5) is 10.5 Å². The molecule has 0 aliphatic heterocycles. The summed E-state index contributed by atoms with van der Waals surface area (Å²) >= 11 is 6.18. The number of hydrogen-bond acceptors (Lipinski definition) is 2. The maximum atomic E-state index is 11.9. The van der Waals surface area contributed by atoms with E-state index < -0.39 is 6.10 Å². The lowest BCUT2D eigenvalue weighted by Crippen LogP contribution is -2.31.